The van der Waals surface area contributed by atoms with E-state index in [2.05, 4.69) is 29.6 Å². The summed E-state index contributed by atoms with van der Waals surface area (Å²) >= 11 is 0. The lowest BCUT2D eigenvalue weighted by molar-refractivity contribution is -0.144. The molecule has 5 rings (SSSR count). The SMILES string of the molecule is CCC(C)(NC(=O)OCC1c2ccccc2-c2ccccc21)C(=O)N1CC2CC2(C(=O)O)C1. The van der Waals surface area contributed by atoms with Crippen LogP contribution in [0.1, 0.15) is 43.7 Å². The van der Waals surface area contributed by atoms with E-state index < -0.39 is 23.0 Å². The summed E-state index contributed by atoms with van der Waals surface area (Å²) in [5, 5.41) is 12.3. The average Bonchev–Trinajstić information content (AvgIpc) is 3.25. The number of aliphatic carboxylic acids is 1. The van der Waals surface area contributed by atoms with Crippen LogP contribution in [0.2, 0.25) is 0 Å². The van der Waals surface area contributed by atoms with Gasteiger partial charge in [0.2, 0.25) is 5.91 Å². The number of amides is 2. The maximum absolute atomic E-state index is 13.2. The Hall–Kier alpha value is -3.35. The van der Waals surface area contributed by atoms with E-state index in [0.29, 0.717) is 19.4 Å². The average molecular weight is 449 g/mol. The summed E-state index contributed by atoms with van der Waals surface area (Å²) < 4.78 is 5.62. The van der Waals surface area contributed by atoms with E-state index in [1.807, 2.05) is 31.2 Å². The molecule has 2 aromatic rings. The molecule has 2 fully saturated rings. The van der Waals surface area contributed by atoms with Gasteiger partial charge in [0.15, 0.2) is 0 Å². The molecule has 3 atom stereocenters. The van der Waals surface area contributed by atoms with Crippen LogP contribution < -0.4 is 5.32 Å². The second-order valence-electron chi connectivity index (χ2n) is 9.68. The Morgan fingerprint density at radius 3 is 2.27 bits per heavy atom. The van der Waals surface area contributed by atoms with Crippen molar-refractivity contribution in [2.24, 2.45) is 11.3 Å². The van der Waals surface area contributed by atoms with Gasteiger partial charge in [-0.1, -0.05) is 55.5 Å². The van der Waals surface area contributed by atoms with Crippen molar-refractivity contribution in [3.8, 4) is 11.1 Å². The number of hydrogen-bond donors (Lipinski definition) is 2. The van der Waals surface area contributed by atoms with E-state index in [-0.39, 0.29) is 30.9 Å². The lowest BCUT2D eigenvalue weighted by Gasteiger charge is -2.33. The minimum absolute atomic E-state index is 0.00881. The Bertz CT molecular complexity index is 1100. The Morgan fingerprint density at radius 1 is 1.12 bits per heavy atom. The van der Waals surface area contributed by atoms with Gasteiger partial charge in [-0.15, -0.1) is 0 Å². The minimum atomic E-state index is -1.15. The first kappa shape index (κ1) is 21.5. The van der Waals surface area contributed by atoms with Crippen LogP contribution in [0.3, 0.4) is 0 Å². The molecule has 7 nitrogen and oxygen atoms in total. The summed E-state index contributed by atoms with van der Waals surface area (Å²) in [6.07, 6.45) is 0.346. The molecule has 0 bridgehead atoms. The van der Waals surface area contributed by atoms with Gasteiger partial charge in [0, 0.05) is 19.0 Å². The van der Waals surface area contributed by atoms with E-state index >= 15 is 0 Å². The molecule has 1 saturated heterocycles. The summed E-state index contributed by atoms with van der Waals surface area (Å²) in [6.45, 7) is 4.29. The predicted octanol–water partition coefficient (Wildman–Crippen LogP) is 3.63. The largest absolute Gasteiger partial charge is 0.481 e. The Kier molecular flexibility index (Phi) is 4.96. The molecular formula is C26H28N2O5. The van der Waals surface area contributed by atoms with E-state index in [4.69, 9.17) is 4.74 Å². The third kappa shape index (κ3) is 3.37. The molecule has 1 saturated carbocycles. The molecule has 0 spiro atoms. The number of carboxylic acids is 1. The molecule has 172 valence electrons. The molecule has 3 unspecified atom stereocenters. The van der Waals surface area contributed by atoms with Crippen LogP contribution >= 0.6 is 0 Å². The third-order valence-electron chi connectivity index (χ3n) is 7.76. The number of rotatable bonds is 6. The van der Waals surface area contributed by atoms with Gasteiger partial charge in [0.25, 0.3) is 0 Å². The van der Waals surface area contributed by atoms with Gasteiger partial charge in [-0.25, -0.2) is 4.79 Å². The van der Waals surface area contributed by atoms with Gasteiger partial charge in [-0.2, -0.15) is 0 Å². The van der Waals surface area contributed by atoms with Crippen LogP contribution in [0, 0.1) is 11.3 Å². The number of ether oxygens (including phenoxy) is 1. The molecule has 0 radical (unpaired) electrons. The maximum atomic E-state index is 13.2. The number of carbonyl (C=O) groups is 3. The second-order valence-corrected chi connectivity index (χ2v) is 9.68. The van der Waals surface area contributed by atoms with E-state index in [0.717, 1.165) is 22.3 Å². The summed E-state index contributed by atoms with van der Waals surface area (Å²) in [7, 11) is 0. The Morgan fingerprint density at radius 2 is 1.73 bits per heavy atom. The number of hydrogen-bond acceptors (Lipinski definition) is 4. The first-order chi connectivity index (χ1) is 15.8. The molecule has 33 heavy (non-hydrogen) atoms. The molecule has 2 amide bonds. The van der Waals surface area contributed by atoms with Crippen LogP contribution in [0.5, 0.6) is 0 Å². The van der Waals surface area contributed by atoms with Crippen LogP contribution in [-0.2, 0) is 14.3 Å². The Labute approximate surface area is 192 Å². The van der Waals surface area contributed by atoms with E-state index in [1.165, 1.54) is 0 Å². The van der Waals surface area contributed by atoms with Gasteiger partial charge in [-0.3, -0.25) is 9.59 Å². The summed E-state index contributed by atoms with van der Waals surface area (Å²) in [5.74, 6) is -1.15. The summed E-state index contributed by atoms with van der Waals surface area (Å²) in [6, 6.07) is 16.2. The zero-order valence-electron chi connectivity index (χ0n) is 18.8. The fourth-order valence-corrected chi connectivity index (χ4v) is 5.47. The smallest absolute Gasteiger partial charge is 0.408 e. The van der Waals surface area contributed by atoms with Crippen molar-refractivity contribution in [2.75, 3.05) is 19.7 Å². The second kappa shape index (κ2) is 7.61. The number of fused-ring (bicyclic) bond motifs is 4. The van der Waals surface area contributed by atoms with Crippen LogP contribution in [0.15, 0.2) is 48.5 Å². The zero-order valence-corrected chi connectivity index (χ0v) is 18.8. The first-order valence-corrected chi connectivity index (χ1v) is 11.4. The molecule has 7 heteroatoms. The monoisotopic (exact) mass is 448 g/mol. The van der Waals surface area contributed by atoms with Gasteiger partial charge in [-0.05, 0) is 47.9 Å². The lowest BCUT2D eigenvalue weighted by atomic mass is 9.96. The highest BCUT2D eigenvalue weighted by atomic mass is 16.5. The molecule has 3 aliphatic rings. The van der Waals surface area contributed by atoms with Gasteiger partial charge in [0.1, 0.15) is 12.1 Å². The maximum Gasteiger partial charge on any atom is 0.408 e. The van der Waals surface area contributed by atoms with Crippen LogP contribution in [-0.4, -0.2) is 53.2 Å². The number of nitrogens with zero attached hydrogens (tertiary/aromatic N) is 1. The fourth-order valence-electron chi connectivity index (χ4n) is 5.47. The van der Waals surface area contributed by atoms with Gasteiger partial charge < -0.3 is 20.1 Å². The highest BCUT2D eigenvalue weighted by molar-refractivity contribution is 5.91. The molecule has 2 aromatic carbocycles. The topological polar surface area (TPSA) is 95.9 Å². The first-order valence-electron chi connectivity index (χ1n) is 11.4. The van der Waals surface area contributed by atoms with Crippen molar-refractivity contribution in [2.45, 2.75) is 38.1 Å². The standard InChI is InChI=1S/C26H28N2O5/c1-3-25(2,22(29)28-13-16-12-26(16,15-28)23(30)31)27-24(32)33-14-21-19-10-6-4-8-17(19)18-9-5-7-11-20(18)21/h4-11,16,21H,3,12-15H2,1-2H3,(H,27,32)(H,30,31). The number of carbonyl (C=O) groups excluding carboxylic acids is 2. The van der Waals surface area contributed by atoms with Crippen molar-refractivity contribution < 1.29 is 24.2 Å². The molecule has 2 aliphatic carbocycles. The number of nitrogens with one attached hydrogen (secondary N) is 1. The zero-order chi connectivity index (χ0) is 23.4. The molecule has 1 heterocycles. The highest BCUT2D eigenvalue weighted by Gasteiger charge is 2.66. The van der Waals surface area contributed by atoms with Crippen molar-refractivity contribution in [1.29, 1.82) is 0 Å². The van der Waals surface area contributed by atoms with Gasteiger partial charge in [0.05, 0.1) is 5.41 Å². The normalized spacial score (nSPS) is 24.3. The quantitative estimate of drug-likeness (QED) is 0.704. The van der Waals surface area contributed by atoms with Crippen molar-refractivity contribution in [3.05, 3.63) is 59.7 Å². The van der Waals surface area contributed by atoms with Crippen molar-refractivity contribution in [3.63, 3.8) is 0 Å². The predicted molar refractivity (Wildman–Crippen MR) is 122 cm³/mol. The lowest BCUT2D eigenvalue weighted by Crippen LogP contribution is -2.57. The number of piperidine rings is 1. The summed E-state index contributed by atoms with van der Waals surface area (Å²) in [4.78, 5) is 39.1. The fraction of sp³-hybridized carbons (Fsp3) is 0.423. The number of carboxylic acid groups (broad SMARTS) is 1. The highest BCUT2D eigenvalue weighted by Crippen LogP contribution is 2.58. The van der Waals surface area contributed by atoms with Crippen LogP contribution in [0.25, 0.3) is 11.1 Å². The van der Waals surface area contributed by atoms with E-state index in [9.17, 15) is 19.5 Å². The molecule has 0 aromatic heterocycles. The summed E-state index contributed by atoms with van der Waals surface area (Å²) in [5.41, 5.74) is 2.59. The van der Waals surface area contributed by atoms with Crippen molar-refractivity contribution >= 4 is 18.0 Å². The number of benzene rings is 2. The number of alkyl carbamates (subject to hydrolysis) is 1. The third-order valence-corrected chi connectivity index (χ3v) is 7.76. The molecular weight excluding hydrogens is 420 g/mol. The van der Waals surface area contributed by atoms with E-state index in [1.54, 1.807) is 11.8 Å². The van der Waals surface area contributed by atoms with Crippen molar-refractivity contribution in [1.82, 2.24) is 10.2 Å². The Balaban J connectivity index is 1.25. The molecule has 2 N–H and O–H groups in total. The number of likely N-dealkylation sites (tertiary alicyclic amines) is 1. The minimum Gasteiger partial charge on any atom is -0.481 e. The van der Waals surface area contributed by atoms with Crippen LogP contribution in [0.4, 0.5) is 4.79 Å². The van der Waals surface area contributed by atoms with Gasteiger partial charge >= 0.3 is 12.1 Å². The molecule has 1 aliphatic heterocycles.